The number of nitrogens with zero attached hydrogens (tertiary/aromatic N) is 2. The molecule has 1 aromatic carbocycles. The molecule has 0 saturated carbocycles. The highest BCUT2D eigenvalue weighted by atomic mass is 16.5. The van der Waals surface area contributed by atoms with Crippen molar-refractivity contribution in [3.05, 3.63) is 41.2 Å². The standard InChI is InChI=1S/C18H24N4O2/c1-11-15(12(2)20-17(19-11)24-6)22-16(23)21-14-9-7-13(8-10-14)18(3,4)5/h7-10H,1-6H3,(H2,21,22,23). The van der Waals surface area contributed by atoms with Gasteiger partial charge in [-0.1, -0.05) is 32.9 Å². The van der Waals surface area contributed by atoms with Gasteiger partial charge >= 0.3 is 12.0 Å². The molecule has 0 aliphatic carbocycles. The van der Waals surface area contributed by atoms with E-state index in [1.807, 2.05) is 24.3 Å². The number of rotatable bonds is 3. The first-order valence-electron chi connectivity index (χ1n) is 7.78. The largest absolute Gasteiger partial charge is 0.467 e. The highest BCUT2D eigenvalue weighted by molar-refractivity contribution is 6.00. The number of hydrogen-bond acceptors (Lipinski definition) is 4. The molecule has 6 heteroatoms. The molecule has 6 nitrogen and oxygen atoms in total. The lowest BCUT2D eigenvalue weighted by atomic mass is 9.87. The van der Waals surface area contributed by atoms with Gasteiger partial charge in [-0.3, -0.25) is 0 Å². The molecule has 0 bridgehead atoms. The molecule has 0 aliphatic heterocycles. The average molecular weight is 328 g/mol. The highest BCUT2D eigenvalue weighted by Crippen LogP contribution is 2.24. The van der Waals surface area contributed by atoms with Crippen LogP contribution in [0, 0.1) is 13.8 Å². The lowest BCUT2D eigenvalue weighted by molar-refractivity contribution is 0.262. The summed E-state index contributed by atoms with van der Waals surface area (Å²) in [7, 11) is 1.51. The molecule has 1 aromatic heterocycles. The summed E-state index contributed by atoms with van der Waals surface area (Å²) in [5.74, 6) is 0. The van der Waals surface area contributed by atoms with Crippen molar-refractivity contribution >= 4 is 17.4 Å². The van der Waals surface area contributed by atoms with E-state index < -0.39 is 0 Å². The predicted molar refractivity (Wildman–Crippen MR) is 95.8 cm³/mol. The number of hydrogen-bond donors (Lipinski definition) is 2. The van der Waals surface area contributed by atoms with E-state index in [0.29, 0.717) is 17.1 Å². The molecule has 2 rings (SSSR count). The van der Waals surface area contributed by atoms with Crippen molar-refractivity contribution in [2.45, 2.75) is 40.0 Å². The maximum Gasteiger partial charge on any atom is 0.323 e. The van der Waals surface area contributed by atoms with Crippen LogP contribution < -0.4 is 15.4 Å². The minimum absolute atomic E-state index is 0.0788. The monoisotopic (exact) mass is 328 g/mol. The third-order valence-corrected chi connectivity index (χ3v) is 3.68. The van der Waals surface area contributed by atoms with Crippen molar-refractivity contribution < 1.29 is 9.53 Å². The fourth-order valence-electron chi connectivity index (χ4n) is 2.29. The van der Waals surface area contributed by atoms with Crippen LogP contribution in [0.5, 0.6) is 6.01 Å². The molecule has 0 saturated heterocycles. The number of carbonyl (C=O) groups excluding carboxylic acids is 1. The lowest BCUT2D eigenvalue weighted by Gasteiger charge is -2.19. The number of amides is 2. The number of aromatic nitrogens is 2. The van der Waals surface area contributed by atoms with Crippen LogP contribution in [0.25, 0.3) is 0 Å². The van der Waals surface area contributed by atoms with E-state index >= 15 is 0 Å². The van der Waals surface area contributed by atoms with E-state index in [9.17, 15) is 4.79 Å². The number of carbonyl (C=O) groups is 1. The maximum atomic E-state index is 12.2. The number of benzene rings is 1. The molecule has 0 spiro atoms. The second-order valence-electron chi connectivity index (χ2n) is 6.66. The zero-order valence-corrected chi connectivity index (χ0v) is 15.0. The predicted octanol–water partition coefficient (Wildman–Crippen LogP) is 4.04. The quantitative estimate of drug-likeness (QED) is 0.891. The number of urea groups is 1. The van der Waals surface area contributed by atoms with Gasteiger partial charge in [0, 0.05) is 5.69 Å². The van der Waals surface area contributed by atoms with Crippen LogP contribution in [0.1, 0.15) is 37.7 Å². The topological polar surface area (TPSA) is 76.1 Å². The number of aryl methyl sites for hydroxylation is 2. The summed E-state index contributed by atoms with van der Waals surface area (Å²) >= 11 is 0. The van der Waals surface area contributed by atoms with E-state index in [1.54, 1.807) is 13.8 Å². The molecule has 0 unspecified atom stereocenters. The molecule has 0 radical (unpaired) electrons. The SMILES string of the molecule is COc1nc(C)c(NC(=O)Nc2ccc(C(C)(C)C)cc2)c(C)n1. The second kappa shape index (κ2) is 6.86. The summed E-state index contributed by atoms with van der Waals surface area (Å²) < 4.78 is 5.02. The van der Waals surface area contributed by atoms with Gasteiger partial charge in [0.2, 0.25) is 0 Å². The van der Waals surface area contributed by atoms with Gasteiger partial charge in [0.05, 0.1) is 24.2 Å². The van der Waals surface area contributed by atoms with E-state index in [1.165, 1.54) is 12.7 Å². The molecular formula is C18H24N4O2. The normalized spacial score (nSPS) is 11.1. The average Bonchev–Trinajstić information content (AvgIpc) is 2.50. The summed E-state index contributed by atoms with van der Waals surface area (Å²) in [5.41, 5.74) is 3.90. The smallest absolute Gasteiger partial charge is 0.323 e. The van der Waals surface area contributed by atoms with Crippen LogP contribution in [0.15, 0.2) is 24.3 Å². The Morgan fingerprint density at radius 3 is 2.00 bits per heavy atom. The van der Waals surface area contributed by atoms with Crippen LogP contribution in [-0.2, 0) is 5.41 Å². The zero-order valence-electron chi connectivity index (χ0n) is 15.0. The Hall–Kier alpha value is -2.63. The number of ether oxygens (including phenoxy) is 1. The van der Waals surface area contributed by atoms with Crippen molar-refractivity contribution in [2.75, 3.05) is 17.7 Å². The van der Waals surface area contributed by atoms with Gasteiger partial charge in [0.25, 0.3) is 0 Å². The molecule has 2 N–H and O–H groups in total. The van der Waals surface area contributed by atoms with E-state index in [0.717, 1.165) is 5.69 Å². The Morgan fingerprint density at radius 1 is 1.00 bits per heavy atom. The van der Waals surface area contributed by atoms with Gasteiger partial charge in [0.15, 0.2) is 0 Å². The van der Waals surface area contributed by atoms with Gasteiger partial charge < -0.3 is 15.4 Å². The van der Waals surface area contributed by atoms with Crippen LogP contribution in [-0.4, -0.2) is 23.1 Å². The first kappa shape index (κ1) is 17.7. The van der Waals surface area contributed by atoms with Crippen molar-refractivity contribution in [1.29, 1.82) is 0 Å². The van der Waals surface area contributed by atoms with Crippen molar-refractivity contribution in [3.63, 3.8) is 0 Å². The minimum atomic E-state index is -0.335. The van der Waals surface area contributed by atoms with Crippen LogP contribution in [0.2, 0.25) is 0 Å². The molecule has 0 aliphatic rings. The first-order valence-corrected chi connectivity index (χ1v) is 7.78. The van der Waals surface area contributed by atoms with Crippen molar-refractivity contribution in [1.82, 2.24) is 9.97 Å². The summed E-state index contributed by atoms with van der Waals surface area (Å²) in [4.78, 5) is 20.6. The Kier molecular flexibility index (Phi) is 5.07. The maximum absolute atomic E-state index is 12.2. The molecule has 24 heavy (non-hydrogen) atoms. The summed E-state index contributed by atoms with van der Waals surface area (Å²) in [6.07, 6.45) is 0. The van der Waals surface area contributed by atoms with Crippen molar-refractivity contribution in [3.8, 4) is 6.01 Å². The first-order chi connectivity index (χ1) is 11.2. The third kappa shape index (κ3) is 4.22. The Labute approximate surface area is 142 Å². The number of anilines is 2. The van der Waals surface area contributed by atoms with Gasteiger partial charge in [-0.15, -0.1) is 0 Å². The zero-order chi connectivity index (χ0) is 17.9. The molecule has 2 aromatic rings. The van der Waals surface area contributed by atoms with E-state index in [2.05, 4.69) is 41.4 Å². The molecular weight excluding hydrogens is 304 g/mol. The van der Waals surface area contributed by atoms with Gasteiger partial charge in [-0.25, -0.2) is 4.79 Å². The molecule has 2 amide bonds. The molecule has 0 fully saturated rings. The van der Waals surface area contributed by atoms with Gasteiger partial charge in [0.1, 0.15) is 0 Å². The highest BCUT2D eigenvalue weighted by Gasteiger charge is 2.14. The minimum Gasteiger partial charge on any atom is -0.467 e. The summed E-state index contributed by atoms with van der Waals surface area (Å²) in [6, 6.07) is 7.77. The Morgan fingerprint density at radius 2 is 1.54 bits per heavy atom. The molecule has 128 valence electrons. The summed E-state index contributed by atoms with van der Waals surface area (Å²) in [5, 5.41) is 5.61. The van der Waals surface area contributed by atoms with Crippen LogP contribution in [0.4, 0.5) is 16.2 Å². The Balaban J connectivity index is 2.09. The van der Waals surface area contributed by atoms with Crippen LogP contribution >= 0.6 is 0 Å². The third-order valence-electron chi connectivity index (χ3n) is 3.68. The lowest BCUT2D eigenvalue weighted by Crippen LogP contribution is -2.21. The van der Waals surface area contributed by atoms with Crippen molar-refractivity contribution in [2.24, 2.45) is 0 Å². The molecule has 0 atom stereocenters. The fourth-order valence-corrected chi connectivity index (χ4v) is 2.29. The van der Waals surface area contributed by atoms with Crippen LogP contribution in [0.3, 0.4) is 0 Å². The second-order valence-corrected chi connectivity index (χ2v) is 6.66. The summed E-state index contributed by atoms with van der Waals surface area (Å²) in [6.45, 7) is 10.0. The van der Waals surface area contributed by atoms with Gasteiger partial charge in [-0.05, 0) is 37.0 Å². The Bertz CT molecular complexity index is 711. The van der Waals surface area contributed by atoms with E-state index in [4.69, 9.17) is 4.74 Å². The number of methoxy groups -OCH3 is 1. The van der Waals surface area contributed by atoms with Gasteiger partial charge in [-0.2, -0.15) is 9.97 Å². The van der Waals surface area contributed by atoms with E-state index in [-0.39, 0.29) is 17.5 Å². The number of nitrogens with one attached hydrogen (secondary N) is 2. The molecule has 1 heterocycles. The fraction of sp³-hybridized carbons (Fsp3) is 0.389.